The fourth-order valence-corrected chi connectivity index (χ4v) is 3.53. The molecule has 0 saturated carbocycles. The van der Waals surface area contributed by atoms with Crippen LogP contribution in [-0.4, -0.2) is 20.1 Å². The molecule has 0 spiro atoms. The monoisotopic (exact) mass is 328 g/mol. The van der Waals surface area contributed by atoms with Crippen LogP contribution >= 0.6 is 11.6 Å². The van der Waals surface area contributed by atoms with E-state index in [0.717, 1.165) is 24.3 Å². The Balaban J connectivity index is 2.78. The second-order valence-corrected chi connectivity index (χ2v) is 7.20. The lowest BCUT2D eigenvalue weighted by atomic mass is 10.1. The number of halogens is 4. The maximum atomic E-state index is 12.4. The maximum absolute atomic E-state index is 12.4. The average molecular weight is 329 g/mol. The molecule has 7 heteroatoms. The van der Waals surface area contributed by atoms with Crippen molar-refractivity contribution < 1.29 is 21.6 Å². The summed E-state index contributed by atoms with van der Waals surface area (Å²) in [6, 6.07) is 3.58. The summed E-state index contributed by atoms with van der Waals surface area (Å²) in [4.78, 5) is -0.0800. The molecule has 0 aliphatic rings. The second-order valence-electron chi connectivity index (χ2n) is 4.71. The lowest BCUT2D eigenvalue weighted by molar-refractivity contribution is -0.137. The molecule has 1 unspecified atom stereocenters. The lowest BCUT2D eigenvalue weighted by Crippen LogP contribution is -2.11. The van der Waals surface area contributed by atoms with Crippen molar-refractivity contribution in [1.29, 1.82) is 0 Å². The molecule has 20 heavy (non-hydrogen) atoms. The third kappa shape index (κ3) is 4.98. The van der Waals surface area contributed by atoms with Crippen molar-refractivity contribution >= 4 is 21.4 Å². The van der Waals surface area contributed by atoms with Crippen molar-refractivity contribution in [2.75, 3.05) is 11.6 Å². The van der Waals surface area contributed by atoms with Crippen molar-refractivity contribution in [3.63, 3.8) is 0 Å². The van der Waals surface area contributed by atoms with Gasteiger partial charge in [0.25, 0.3) is 0 Å². The van der Waals surface area contributed by atoms with E-state index in [1.165, 1.54) is 0 Å². The van der Waals surface area contributed by atoms with E-state index in [2.05, 4.69) is 0 Å². The Labute approximate surface area is 121 Å². The molecule has 1 aromatic rings. The molecular weight excluding hydrogens is 313 g/mol. The topological polar surface area (TPSA) is 34.1 Å². The molecule has 114 valence electrons. The summed E-state index contributed by atoms with van der Waals surface area (Å²) < 4.78 is 61.2. The molecule has 1 atom stereocenters. The summed E-state index contributed by atoms with van der Waals surface area (Å²) in [6.07, 6.45) is -3.31. The molecule has 0 aliphatic heterocycles. The predicted octanol–water partition coefficient (Wildman–Crippen LogP) is 4.13. The van der Waals surface area contributed by atoms with E-state index in [-0.39, 0.29) is 16.6 Å². The molecular formula is C13H16ClF3O2S. The van der Waals surface area contributed by atoms with Crippen molar-refractivity contribution in [1.82, 2.24) is 0 Å². The normalized spacial score (nSPS) is 14.2. The number of benzene rings is 1. The summed E-state index contributed by atoms with van der Waals surface area (Å²) >= 11 is 5.57. The highest BCUT2D eigenvalue weighted by Crippen LogP contribution is 2.30. The van der Waals surface area contributed by atoms with E-state index in [9.17, 15) is 21.6 Å². The summed E-state index contributed by atoms with van der Waals surface area (Å²) in [5, 5.41) is 0. The second kappa shape index (κ2) is 6.80. The first kappa shape index (κ1) is 17.3. The highest BCUT2D eigenvalue weighted by atomic mass is 35.5. The lowest BCUT2D eigenvalue weighted by Gasteiger charge is -2.11. The number of rotatable bonds is 6. The van der Waals surface area contributed by atoms with Crippen LogP contribution in [0.2, 0.25) is 0 Å². The van der Waals surface area contributed by atoms with Crippen molar-refractivity contribution in [3.8, 4) is 0 Å². The fraction of sp³-hybridized carbons (Fsp3) is 0.538. The first-order chi connectivity index (χ1) is 9.16. The Bertz CT molecular complexity index is 524. The van der Waals surface area contributed by atoms with Crippen LogP contribution in [0.5, 0.6) is 0 Å². The molecule has 0 N–H and O–H groups in total. The Hall–Kier alpha value is -0.750. The van der Waals surface area contributed by atoms with Gasteiger partial charge >= 0.3 is 6.18 Å². The smallest absolute Gasteiger partial charge is 0.224 e. The van der Waals surface area contributed by atoms with E-state index >= 15 is 0 Å². The summed E-state index contributed by atoms with van der Waals surface area (Å²) in [7, 11) is -3.55. The average Bonchev–Trinajstić information content (AvgIpc) is 2.36. The standard InChI is InChI=1S/C13H16ClF3O2S/c1-10(6-8-14)7-9-20(18,19)12-4-2-11(3-5-12)13(15,16)17/h2-5,10H,6-9H2,1H3. The number of sulfone groups is 1. The molecule has 0 bridgehead atoms. The van der Waals surface area contributed by atoms with Crippen LogP contribution in [0.1, 0.15) is 25.3 Å². The largest absolute Gasteiger partial charge is 0.416 e. The minimum absolute atomic E-state index is 0.0800. The van der Waals surface area contributed by atoms with Crippen LogP contribution in [-0.2, 0) is 16.0 Å². The van der Waals surface area contributed by atoms with Crippen molar-refractivity contribution in [2.45, 2.75) is 30.8 Å². The van der Waals surface area contributed by atoms with Gasteiger partial charge in [-0.1, -0.05) is 6.92 Å². The molecule has 0 saturated heterocycles. The van der Waals surface area contributed by atoms with Crippen LogP contribution in [0.15, 0.2) is 29.2 Å². The van der Waals surface area contributed by atoms with Crippen LogP contribution in [0.25, 0.3) is 0 Å². The van der Waals surface area contributed by atoms with E-state index in [4.69, 9.17) is 11.6 Å². The van der Waals surface area contributed by atoms with Crippen LogP contribution < -0.4 is 0 Å². The quantitative estimate of drug-likeness (QED) is 0.736. The van der Waals surface area contributed by atoms with E-state index in [1.54, 1.807) is 0 Å². The van der Waals surface area contributed by atoms with Gasteiger partial charge in [0.2, 0.25) is 0 Å². The Morgan fingerprint density at radius 1 is 1.15 bits per heavy atom. The minimum atomic E-state index is -4.46. The third-order valence-corrected chi connectivity index (χ3v) is 5.00. The highest BCUT2D eigenvalue weighted by Gasteiger charge is 2.30. The Kier molecular flexibility index (Phi) is 5.89. The van der Waals surface area contributed by atoms with E-state index in [0.29, 0.717) is 18.7 Å². The Morgan fingerprint density at radius 2 is 1.70 bits per heavy atom. The van der Waals surface area contributed by atoms with Gasteiger partial charge in [-0.2, -0.15) is 13.2 Å². The molecule has 0 heterocycles. The van der Waals surface area contributed by atoms with Crippen LogP contribution in [0, 0.1) is 5.92 Å². The van der Waals surface area contributed by atoms with Gasteiger partial charge < -0.3 is 0 Å². The number of hydrogen-bond donors (Lipinski definition) is 0. The summed E-state index contributed by atoms with van der Waals surface area (Å²) in [5.74, 6) is 0.537. The highest BCUT2D eigenvalue weighted by molar-refractivity contribution is 7.91. The van der Waals surface area contributed by atoms with E-state index in [1.807, 2.05) is 6.92 Å². The molecule has 2 nitrogen and oxygen atoms in total. The SMILES string of the molecule is CC(CCCl)CCS(=O)(=O)c1ccc(C(F)(F)F)cc1. The zero-order valence-electron chi connectivity index (χ0n) is 11.0. The minimum Gasteiger partial charge on any atom is -0.224 e. The number of alkyl halides is 4. The zero-order chi connectivity index (χ0) is 15.4. The van der Waals surface area contributed by atoms with Gasteiger partial charge in [-0.15, -0.1) is 11.6 Å². The van der Waals surface area contributed by atoms with Gasteiger partial charge in [0.05, 0.1) is 16.2 Å². The van der Waals surface area contributed by atoms with Gasteiger partial charge in [0.15, 0.2) is 9.84 Å². The molecule has 0 fully saturated rings. The first-order valence-electron chi connectivity index (χ1n) is 6.13. The van der Waals surface area contributed by atoms with Gasteiger partial charge in [-0.3, -0.25) is 0 Å². The van der Waals surface area contributed by atoms with Crippen LogP contribution in [0.3, 0.4) is 0 Å². The first-order valence-corrected chi connectivity index (χ1v) is 8.31. The predicted molar refractivity (Wildman–Crippen MR) is 72.6 cm³/mol. The van der Waals surface area contributed by atoms with Crippen LogP contribution in [0.4, 0.5) is 13.2 Å². The van der Waals surface area contributed by atoms with Gasteiger partial charge in [-0.25, -0.2) is 8.42 Å². The molecule has 1 rings (SSSR count). The van der Waals surface area contributed by atoms with Crippen molar-refractivity contribution in [2.24, 2.45) is 5.92 Å². The molecule has 0 amide bonds. The molecule has 1 aromatic carbocycles. The molecule has 0 aliphatic carbocycles. The molecule has 0 radical (unpaired) electrons. The van der Waals surface area contributed by atoms with E-state index < -0.39 is 21.6 Å². The van der Waals surface area contributed by atoms with Crippen molar-refractivity contribution in [3.05, 3.63) is 29.8 Å². The van der Waals surface area contributed by atoms with Gasteiger partial charge in [0, 0.05) is 5.88 Å². The summed E-state index contributed by atoms with van der Waals surface area (Å²) in [6.45, 7) is 1.89. The maximum Gasteiger partial charge on any atom is 0.416 e. The number of hydrogen-bond acceptors (Lipinski definition) is 2. The zero-order valence-corrected chi connectivity index (χ0v) is 12.5. The third-order valence-electron chi connectivity index (χ3n) is 3.02. The molecule has 0 aromatic heterocycles. The Morgan fingerprint density at radius 3 is 2.15 bits per heavy atom. The fourth-order valence-electron chi connectivity index (χ4n) is 1.66. The summed E-state index contributed by atoms with van der Waals surface area (Å²) in [5.41, 5.74) is -0.855. The van der Waals surface area contributed by atoms with Gasteiger partial charge in [0.1, 0.15) is 0 Å². The van der Waals surface area contributed by atoms with Gasteiger partial charge in [-0.05, 0) is 43.0 Å².